The first-order valence-corrected chi connectivity index (χ1v) is 8.24. The van der Waals surface area contributed by atoms with Crippen LogP contribution in [0.3, 0.4) is 0 Å². The van der Waals surface area contributed by atoms with Crippen molar-refractivity contribution in [3.63, 3.8) is 0 Å². The van der Waals surface area contributed by atoms with E-state index in [1.165, 1.54) is 6.21 Å². The van der Waals surface area contributed by atoms with Crippen molar-refractivity contribution in [2.45, 2.75) is 0 Å². The van der Waals surface area contributed by atoms with E-state index < -0.39 is 0 Å². The fourth-order valence-corrected chi connectivity index (χ4v) is 2.64. The minimum absolute atomic E-state index is 0.303. The number of amides is 1. The van der Waals surface area contributed by atoms with Crippen molar-refractivity contribution in [2.24, 2.45) is 5.10 Å². The predicted molar refractivity (Wildman–Crippen MR) is 98.4 cm³/mol. The quantitative estimate of drug-likeness (QED) is 0.485. The Morgan fingerprint density at radius 3 is 2.58 bits per heavy atom. The number of nitrogens with zero attached hydrogens (tertiary/aromatic N) is 1. The summed E-state index contributed by atoms with van der Waals surface area (Å²) in [6.07, 6.45) is 1.45. The zero-order valence-corrected chi connectivity index (χ0v) is 14.7. The largest absolute Gasteiger partial charge is 0.455 e. The molecule has 0 spiro atoms. The molecule has 0 unspecified atom stereocenters. The van der Waals surface area contributed by atoms with Gasteiger partial charge in [-0.05, 0) is 64.5 Å². The smallest absolute Gasteiger partial charge is 0.272 e. The third-order valence-electron chi connectivity index (χ3n) is 3.23. The molecule has 0 saturated carbocycles. The van der Waals surface area contributed by atoms with Crippen LogP contribution in [0.15, 0.2) is 74.7 Å². The summed E-state index contributed by atoms with van der Waals surface area (Å²) in [4.78, 5) is 12.0. The number of carbonyl (C=O) groups excluding carboxylic acids is 1. The maximum Gasteiger partial charge on any atom is 0.272 e. The van der Waals surface area contributed by atoms with Gasteiger partial charge in [-0.1, -0.05) is 23.7 Å². The van der Waals surface area contributed by atoms with E-state index in [-0.39, 0.29) is 5.91 Å². The number of hydrogen-bond donors (Lipinski definition) is 1. The van der Waals surface area contributed by atoms with Crippen LogP contribution in [0.5, 0.6) is 0 Å². The van der Waals surface area contributed by atoms with Crippen molar-refractivity contribution in [2.75, 3.05) is 0 Å². The SMILES string of the molecule is O=C(N/N=C\c1ccc(-c2ccc(Cl)cc2)o1)c1ccccc1Br. The Hall–Kier alpha value is -2.37. The number of carbonyl (C=O) groups is 1. The van der Waals surface area contributed by atoms with Gasteiger partial charge < -0.3 is 4.42 Å². The van der Waals surface area contributed by atoms with E-state index in [0.717, 1.165) is 5.56 Å². The number of benzene rings is 2. The lowest BCUT2D eigenvalue weighted by atomic mass is 10.2. The lowest BCUT2D eigenvalue weighted by Crippen LogP contribution is -2.17. The number of rotatable bonds is 4. The Morgan fingerprint density at radius 2 is 1.83 bits per heavy atom. The normalized spacial score (nSPS) is 10.9. The van der Waals surface area contributed by atoms with Gasteiger partial charge in [0.2, 0.25) is 0 Å². The van der Waals surface area contributed by atoms with Crippen LogP contribution in [0.4, 0.5) is 0 Å². The minimum Gasteiger partial charge on any atom is -0.455 e. The molecule has 0 radical (unpaired) electrons. The van der Waals surface area contributed by atoms with Crippen LogP contribution in [-0.4, -0.2) is 12.1 Å². The molecule has 2 aromatic carbocycles. The monoisotopic (exact) mass is 402 g/mol. The molecule has 0 aliphatic rings. The Morgan fingerprint density at radius 1 is 1.08 bits per heavy atom. The first kappa shape index (κ1) is 16.5. The molecule has 0 aliphatic carbocycles. The van der Waals surface area contributed by atoms with Crippen molar-refractivity contribution >= 4 is 39.7 Å². The molecule has 1 N–H and O–H groups in total. The maximum atomic E-state index is 12.0. The van der Waals surface area contributed by atoms with E-state index in [1.54, 1.807) is 36.4 Å². The Labute approximate surface area is 152 Å². The summed E-state index contributed by atoms with van der Waals surface area (Å²) in [7, 11) is 0. The lowest BCUT2D eigenvalue weighted by molar-refractivity contribution is 0.0954. The van der Waals surface area contributed by atoms with E-state index >= 15 is 0 Å². The summed E-state index contributed by atoms with van der Waals surface area (Å²) < 4.78 is 6.38. The van der Waals surface area contributed by atoms with E-state index in [2.05, 4.69) is 26.5 Å². The van der Waals surface area contributed by atoms with Gasteiger partial charge >= 0.3 is 0 Å². The van der Waals surface area contributed by atoms with Crippen LogP contribution in [-0.2, 0) is 0 Å². The fourth-order valence-electron chi connectivity index (χ4n) is 2.05. The lowest BCUT2D eigenvalue weighted by Gasteiger charge is -2.01. The molecule has 0 bridgehead atoms. The molecule has 3 aromatic rings. The molecule has 1 heterocycles. The van der Waals surface area contributed by atoms with Gasteiger partial charge in [0.15, 0.2) is 0 Å². The first-order valence-electron chi connectivity index (χ1n) is 7.07. The molecule has 0 saturated heterocycles. The van der Waals surface area contributed by atoms with E-state index in [0.29, 0.717) is 26.6 Å². The highest BCUT2D eigenvalue weighted by molar-refractivity contribution is 9.10. The molecule has 0 fully saturated rings. The van der Waals surface area contributed by atoms with Crippen molar-refractivity contribution < 1.29 is 9.21 Å². The molecule has 0 aliphatic heterocycles. The summed E-state index contributed by atoms with van der Waals surface area (Å²) in [5.41, 5.74) is 3.89. The summed E-state index contributed by atoms with van der Waals surface area (Å²) in [5, 5.41) is 4.59. The number of hydrogen-bond acceptors (Lipinski definition) is 3. The van der Waals surface area contributed by atoms with Crippen LogP contribution in [0.1, 0.15) is 16.1 Å². The summed E-state index contributed by atoms with van der Waals surface area (Å²) in [5.74, 6) is 0.931. The highest BCUT2D eigenvalue weighted by atomic mass is 79.9. The van der Waals surface area contributed by atoms with Crippen LogP contribution in [0.25, 0.3) is 11.3 Å². The van der Waals surface area contributed by atoms with Crippen molar-refractivity contribution in [3.8, 4) is 11.3 Å². The zero-order chi connectivity index (χ0) is 16.9. The third kappa shape index (κ3) is 3.93. The van der Waals surface area contributed by atoms with Crippen molar-refractivity contribution in [1.82, 2.24) is 5.43 Å². The average molecular weight is 404 g/mol. The van der Waals surface area contributed by atoms with Gasteiger partial charge in [-0.3, -0.25) is 4.79 Å². The van der Waals surface area contributed by atoms with Crippen LogP contribution < -0.4 is 5.43 Å². The van der Waals surface area contributed by atoms with Gasteiger partial charge in [0.25, 0.3) is 5.91 Å². The Bertz CT molecular complexity index is 888. The average Bonchev–Trinajstić information content (AvgIpc) is 3.04. The van der Waals surface area contributed by atoms with Gasteiger partial charge in [0.05, 0.1) is 11.8 Å². The second kappa shape index (κ2) is 7.47. The third-order valence-corrected chi connectivity index (χ3v) is 4.18. The molecular weight excluding hydrogens is 392 g/mol. The molecule has 0 atom stereocenters. The molecule has 4 nitrogen and oxygen atoms in total. The first-order chi connectivity index (χ1) is 11.6. The molecule has 1 amide bonds. The number of hydrazone groups is 1. The standard InChI is InChI=1S/C18H12BrClN2O2/c19-16-4-2-1-3-15(16)18(23)22-21-11-14-9-10-17(24-14)12-5-7-13(20)8-6-12/h1-11H,(H,22,23)/b21-11-. The second-order valence-corrected chi connectivity index (χ2v) is 6.18. The highest BCUT2D eigenvalue weighted by Gasteiger charge is 2.08. The predicted octanol–water partition coefficient (Wildman–Crippen LogP) is 5.13. The van der Waals surface area contributed by atoms with Gasteiger partial charge in [-0.15, -0.1) is 0 Å². The second-order valence-electron chi connectivity index (χ2n) is 4.89. The zero-order valence-electron chi connectivity index (χ0n) is 12.4. The maximum absolute atomic E-state index is 12.0. The molecule has 120 valence electrons. The van der Waals surface area contributed by atoms with Crippen molar-refractivity contribution in [3.05, 3.63) is 81.5 Å². The summed E-state index contributed by atoms with van der Waals surface area (Å²) in [6.45, 7) is 0. The number of furan rings is 1. The van der Waals surface area contributed by atoms with Crippen molar-refractivity contribution in [1.29, 1.82) is 0 Å². The minimum atomic E-state index is -0.303. The fraction of sp³-hybridized carbons (Fsp3) is 0. The number of halogens is 2. The number of nitrogens with one attached hydrogen (secondary N) is 1. The summed E-state index contributed by atoms with van der Waals surface area (Å²) in [6, 6.07) is 18.1. The Kier molecular flexibility index (Phi) is 5.13. The Balaban J connectivity index is 1.66. The molecule has 24 heavy (non-hydrogen) atoms. The molecular formula is C18H12BrClN2O2. The highest BCUT2D eigenvalue weighted by Crippen LogP contribution is 2.23. The molecule has 1 aromatic heterocycles. The topological polar surface area (TPSA) is 54.6 Å². The van der Waals surface area contributed by atoms with E-state index in [4.69, 9.17) is 16.0 Å². The molecule has 6 heteroatoms. The van der Waals surface area contributed by atoms with Crippen LogP contribution >= 0.6 is 27.5 Å². The van der Waals surface area contributed by atoms with Gasteiger partial charge in [-0.2, -0.15) is 5.10 Å². The molecule has 3 rings (SSSR count). The van der Waals surface area contributed by atoms with E-state index in [1.807, 2.05) is 24.3 Å². The van der Waals surface area contributed by atoms with Gasteiger partial charge in [-0.25, -0.2) is 5.43 Å². The van der Waals surface area contributed by atoms with Crippen LogP contribution in [0, 0.1) is 0 Å². The van der Waals surface area contributed by atoms with Gasteiger partial charge in [0.1, 0.15) is 11.5 Å². The van der Waals surface area contributed by atoms with E-state index in [9.17, 15) is 4.79 Å². The van der Waals surface area contributed by atoms with Crippen LogP contribution in [0.2, 0.25) is 5.02 Å². The van der Waals surface area contributed by atoms with Gasteiger partial charge in [0, 0.05) is 15.1 Å². The summed E-state index contributed by atoms with van der Waals surface area (Å²) >= 11 is 9.20.